The van der Waals surface area contributed by atoms with Crippen molar-refractivity contribution >= 4 is 17.4 Å². The van der Waals surface area contributed by atoms with Crippen molar-refractivity contribution in [3.8, 4) is 11.5 Å². The second-order valence-electron chi connectivity index (χ2n) is 8.38. The Bertz CT molecular complexity index is 1030. The van der Waals surface area contributed by atoms with Crippen LogP contribution in [0.4, 0.5) is 0 Å². The van der Waals surface area contributed by atoms with Crippen molar-refractivity contribution in [3.05, 3.63) is 65.2 Å². The van der Waals surface area contributed by atoms with Crippen LogP contribution in [0.2, 0.25) is 0 Å². The Labute approximate surface area is 194 Å². The number of hydrogen-bond acceptors (Lipinski definition) is 6. The van der Waals surface area contributed by atoms with E-state index in [1.54, 1.807) is 36.4 Å². The number of rotatable bonds is 9. The fourth-order valence-electron chi connectivity index (χ4n) is 3.81. The summed E-state index contributed by atoms with van der Waals surface area (Å²) in [5, 5.41) is 11.2. The van der Waals surface area contributed by atoms with E-state index in [9.17, 15) is 14.7 Å². The number of likely N-dealkylation sites (tertiary alicyclic amines) is 1. The van der Waals surface area contributed by atoms with Crippen LogP contribution in [0.1, 0.15) is 44.9 Å². The van der Waals surface area contributed by atoms with E-state index in [1.807, 2.05) is 39.8 Å². The number of carbonyl (C=O) groups excluding carboxylic acids is 2. The Balaban J connectivity index is 2.13. The molecule has 0 spiro atoms. The van der Waals surface area contributed by atoms with Gasteiger partial charge in [-0.15, -0.1) is 0 Å². The van der Waals surface area contributed by atoms with Gasteiger partial charge in [-0.1, -0.05) is 18.2 Å². The number of hydrogen-bond donors (Lipinski definition) is 1. The lowest BCUT2D eigenvalue weighted by molar-refractivity contribution is -0.140. The van der Waals surface area contributed by atoms with Gasteiger partial charge in [-0.2, -0.15) is 0 Å². The van der Waals surface area contributed by atoms with Gasteiger partial charge in [-0.05, 0) is 58.0 Å². The van der Waals surface area contributed by atoms with Gasteiger partial charge in [0.25, 0.3) is 11.7 Å². The summed E-state index contributed by atoms with van der Waals surface area (Å²) >= 11 is 0. The Morgan fingerprint density at radius 3 is 2.21 bits per heavy atom. The van der Waals surface area contributed by atoms with Crippen LogP contribution in [0.5, 0.6) is 11.5 Å². The summed E-state index contributed by atoms with van der Waals surface area (Å²) in [6.45, 7) is 8.09. The first kappa shape index (κ1) is 24.3. The van der Waals surface area contributed by atoms with Crippen LogP contribution < -0.4 is 9.47 Å². The van der Waals surface area contributed by atoms with Gasteiger partial charge in [-0.25, -0.2) is 0 Å². The Kier molecular flexibility index (Phi) is 7.76. The summed E-state index contributed by atoms with van der Waals surface area (Å²) in [7, 11) is 1.53. The molecule has 1 saturated heterocycles. The molecule has 0 aliphatic carbocycles. The molecule has 33 heavy (non-hydrogen) atoms. The van der Waals surface area contributed by atoms with Crippen molar-refractivity contribution in [1.82, 2.24) is 4.90 Å². The van der Waals surface area contributed by atoms with Gasteiger partial charge in [0.15, 0.2) is 0 Å². The van der Waals surface area contributed by atoms with Crippen molar-refractivity contribution in [1.29, 1.82) is 0 Å². The highest BCUT2D eigenvalue weighted by atomic mass is 16.5. The molecule has 0 saturated carbocycles. The first-order chi connectivity index (χ1) is 15.7. The molecule has 1 N–H and O–H groups in total. The number of para-hydroxylation sites is 1. The predicted molar refractivity (Wildman–Crippen MR) is 125 cm³/mol. The van der Waals surface area contributed by atoms with Crippen LogP contribution in [0.25, 0.3) is 5.76 Å². The molecule has 1 aliphatic rings. The summed E-state index contributed by atoms with van der Waals surface area (Å²) < 4.78 is 16.8. The van der Waals surface area contributed by atoms with E-state index >= 15 is 0 Å². The van der Waals surface area contributed by atoms with Gasteiger partial charge in [0.1, 0.15) is 17.3 Å². The third-order valence-electron chi connectivity index (χ3n) is 5.15. The quantitative estimate of drug-likeness (QED) is 0.346. The van der Waals surface area contributed by atoms with Crippen LogP contribution >= 0.6 is 0 Å². The smallest absolute Gasteiger partial charge is 0.295 e. The molecule has 1 amide bonds. The number of benzene rings is 2. The molecule has 1 atom stereocenters. The zero-order valence-corrected chi connectivity index (χ0v) is 19.7. The van der Waals surface area contributed by atoms with Crippen molar-refractivity contribution in [2.24, 2.45) is 0 Å². The third-order valence-corrected chi connectivity index (χ3v) is 5.15. The average Bonchev–Trinajstić information content (AvgIpc) is 3.02. The number of nitrogens with zero attached hydrogens (tertiary/aromatic N) is 1. The minimum absolute atomic E-state index is 0.00742. The molecule has 1 fully saturated rings. The van der Waals surface area contributed by atoms with E-state index in [1.165, 1.54) is 12.0 Å². The Morgan fingerprint density at radius 2 is 1.61 bits per heavy atom. The van der Waals surface area contributed by atoms with Gasteiger partial charge >= 0.3 is 0 Å². The number of aliphatic hydroxyl groups excluding tert-OH is 1. The van der Waals surface area contributed by atoms with Crippen LogP contribution in [0.15, 0.2) is 54.1 Å². The van der Waals surface area contributed by atoms with Crippen LogP contribution in [0, 0.1) is 0 Å². The minimum Gasteiger partial charge on any atom is -0.507 e. The highest BCUT2D eigenvalue weighted by Crippen LogP contribution is 2.42. The number of aliphatic hydroxyl groups is 1. The maximum atomic E-state index is 13.1. The first-order valence-corrected chi connectivity index (χ1v) is 11.0. The largest absolute Gasteiger partial charge is 0.507 e. The van der Waals surface area contributed by atoms with Gasteiger partial charge in [0, 0.05) is 24.8 Å². The molecule has 0 radical (unpaired) electrons. The molecule has 1 heterocycles. The maximum Gasteiger partial charge on any atom is 0.295 e. The summed E-state index contributed by atoms with van der Waals surface area (Å²) in [6.07, 6.45) is -0.103. The Morgan fingerprint density at radius 1 is 0.970 bits per heavy atom. The lowest BCUT2D eigenvalue weighted by Crippen LogP contribution is -2.33. The number of amides is 1. The standard InChI is InChI=1S/C26H31NO6/c1-16(2)32-19-12-10-18(11-13-19)24(28)22-23(27(14-15-31-5)26(30)25(22)29)20-8-6-7-9-21(20)33-17(3)4/h6-13,16-17,23,28H,14-15H2,1-5H3/b24-22-. The molecule has 1 unspecified atom stereocenters. The number of ketones is 1. The fraction of sp³-hybridized carbons (Fsp3) is 0.385. The monoisotopic (exact) mass is 453 g/mol. The van der Waals surface area contributed by atoms with Crippen molar-refractivity contribution < 1.29 is 28.9 Å². The second kappa shape index (κ2) is 10.5. The summed E-state index contributed by atoms with van der Waals surface area (Å²) in [5.41, 5.74) is 1.07. The van der Waals surface area contributed by atoms with Crippen LogP contribution in [-0.2, 0) is 14.3 Å². The van der Waals surface area contributed by atoms with Crippen molar-refractivity contribution in [2.45, 2.75) is 45.9 Å². The molecule has 176 valence electrons. The summed E-state index contributed by atoms with van der Waals surface area (Å²) in [5.74, 6) is -0.468. The first-order valence-electron chi connectivity index (χ1n) is 11.0. The van der Waals surface area contributed by atoms with E-state index < -0.39 is 17.7 Å². The molecular formula is C26H31NO6. The molecule has 1 aliphatic heterocycles. The highest BCUT2D eigenvalue weighted by molar-refractivity contribution is 6.46. The number of Topliss-reactive ketones (excluding diaryl/α,β-unsaturated/α-hetero) is 1. The zero-order valence-electron chi connectivity index (χ0n) is 19.7. The van der Waals surface area contributed by atoms with Gasteiger partial charge in [-0.3, -0.25) is 9.59 Å². The molecule has 7 heteroatoms. The molecular weight excluding hydrogens is 422 g/mol. The van der Waals surface area contributed by atoms with E-state index in [-0.39, 0.29) is 36.7 Å². The van der Waals surface area contributed by atoms with Crippen molar-refractivity contribution in [2.75, 3.05) is 20.3 Å². The fourth-order valence-corrected chi connectivity index (χ4v) is 3.81. The van der Waals surface area contributed by atoms with E-state index in [0.29, 0.717) is 22.6 Å². The molecule has 0 aromatic heterocycles. The molecule has 2 aromatic rings. The lowest BCUT2D eigenvalue weighted by atomic mass is 9.94. The molecule has 0 bridgehead atoms. The molecule has 2 aromatic carbocycles. The van der Waals surface area contributed by atoms with Crippen molar-refractivity contribution in [3.63, 3.8) is 0 Å². The SMILES string of the molecule is COCCN1C(=O)C(=O)/C(=C(\O)c2ccc(OC(C)C)cc2)C1c1ccccc1OC(C)C. The predicted octanol–water partition coefficient (Wildman–Crippen LogP) is 4.33. The number of ether oxygens (including phenoxy) is 3. The van der Waals surface area contributed by atoms with Crippen LogP contribution in [-0.4, -0.2) is 54.2 Å². The third kappa shape index (κ3) is 5.37. The number of carbonyl (C=O) groups is 2. The van der Waals surface area contributed by atoms with E-state index in [4.69, 9.17) is 14.2 Å². The van der Waals surface area contributed by atoms with E-state index in [2.05, 4.69) is 0 Å². The van der Waals surface area contributed by atoms with Gasteiger partial charge in [0.05, 0.1) is 30.4 Å². The van der Waals surface area contributed by atoms with E-state index in [0.717, 1.165) is 0 Å². The minimum atomic E-state index is -0.804. The molecule has 3 rings (SSSR count). The lowest BCUT2D eigenvalue weighted by Gasteiger charge is -2.27. The van der Waals surface area contributed by atoms with Crippen LogP contribution in [0.3, 0.4) is 0 Å². The second-order valence-corrected chi connectivity index (χ2v) is 8.38. The van der Waals surface area contributed by atoms with Gasteiger partial charge in [0.2, 0.25) is 0 Å². The highest BCUT2D eigenvalue weighted by Gasteiger charge is 2.46. The summed E-state index contributed by atoms with van der Waals surface area (Å²) in [4.78, 5) is 27.5. The summed E-state index contributed by atoms with van der Waals surface area (Å²) in [6, 6.07) is 13.2. The molecule has 7 nitrogen and oxygen atoms in total. The zero-order chi connectivity index (χ0) is 24.1. The topological polar surface area (TPSA) is 85.3 Å². The number of methoxy groups -OCH3 is 1. The Hall–Kier alpha value is -3.32. The normalized spacial score (nSPS) is 17.8. The average molecular weight is 454 g/mol. The van der Waals surface area contributed by atoms with Gasteiger partial charge < -0.3 is 24.2 Å². The maximum absolute atomic E-state index is 13.1.